The maximum absolute atomic E-state index is 13.8. The van der Waals surface area contributed by atoms with Gasteiger partial charge in [0.15, 0.2) is 0 Å². The van der Waals surface area contributed by atoms with Crippen LogP contribution in [0.25, 0.3) is 5.69 Å². The first-order chi connectivity index (χ1) is 18.3. The zero-order valence-corrected chi connectivity index (χ0v) is 22.9. The number of ether oxygens (including phenoxy) is 3. The van der Waals surface area contributed by atoms with Crippen molar-refractivity contribution in [2.75, 3.05) is 14.2 Å². The smallest absolute Gasteiger partial charge is 0.243 e. The van der Waals surface area contributed by atoms with Crippen molar-refractivity contribution in [3.05, 3.63) is 89.1 Å². The number of aryl methyl sites for hydroxylation is 1. The third-order valence-electron chi connectivity index (χ3n) is 6.40. The van der Waals surface area contributed by atoms with Gasteiger partial charge in [0, 0.05) is 17.6 Å². The van der Waals surface area contributed by atoms with Crippen LogP contribution in [0.15, 0.2) is 77.7 Å². The number of aromatic nitrogens is 2. The number of hydrogen-bond donors (Lipinski definition) is 0. The summed E-state index contributed by atoms with van der Waals surface area (Å²) in [6.07, 6.45) is 1.59. The molecule has 3 aromatic carbocycles. The number of halogens is 1. The van der Waals surface area contributed by atoms with Gasteiger partial charge in [0.2, 0.25) is 15.9 Å². The zero-order chi connectivity index (χ0) is 26.9. The maximum atomic E-state index is 13.8. The highest BCUT2D eigenvalue weighted by atomic mass is 35.5. The average Bonchev–Trinajstić information content (AvgIpc) is 3.72. The SMILES string of the molecule is COc1ccc(Oc2c(CN(C3CC3)S(=O)(=O)c3ccc(OC)cc3)c(C)nn2-c2cccc(Cl)c2)cc1. The Hall–Kier alpha value is -3.53. The molecule has 0 unspecified atom stereocenters. The molecule has 0 amide bonds. The zero-order valence-electron chi connectivity index (χ0n) is 21.3. The standard InChI is InChI=1S/C28H28ClN3O5S/c1-19-27(18-31(21-7-8-21)38(33,34)26-15-13-24(36-3)14-16-26)28(37-25-11-9-23(35-2)10-12-25)32(30-19)22-6-4-5-20(29)17-22/h4-6,9-17,21H,7-8,18H2,1-3H3. The second kappa shape index (κ2) is 10.7. The van der Waals surface area contributed by atoms with E-state index in [-0.39, 0.29) is 17.5 Å². The monoisotopic (exact) mass is 553 g/mol. The molecule has 4 aromatic rings. The Kier molecular flexibility index (Phi) is 7.34. The van der Waals surface area contributed by atoms with E-state index in [0.29, 0.717) is 45.1 Å². The second-order valence-corrected chi connectivity index (χ2v) is 11.3. The minimum Gasteiger partial charge on any atom is -0.497 e. The molecule has 1 heterocycles. The molecule has 0 radical (unpaired) electrons. The van der Waals surface area contributed by atoms with Crippen molar-refractivity contribution in [1.82, 2.24) is 14.1 Å². The molecule has 0 spiro atoms. The fraction of sp³-hybridized carbons (Fsp3) is 0.250. The van der Waals surface area contributed by atoms with Crippen LogP contribution in [0, 0.1) is 6.92 Å². The lowest BCUT2D eigenvalue weighted by Crippen LogP contribution is -2.33. The molecule has 0 N–H and O–H groups in total. The van der Waals surface area contributed by atoms with Crippen LogP contribution >= 0.6 is 11.6 Å². The van der Waals surface area contributed by atoms with Crippen molar-refractivity contribution < 1.29 is 22.6 Å². The Morgan fingerprint density at radius 1 is 0.947 bits per heavy atom. The lowest BCUT2D eigenvalue weighted by molar-refractivity contribution is 0.382. The number of hydrogen-bond acceptors (Lipinski definition) is 6. The first-order valence-electron chi connectivity index (χ1n) is 12.1. The third kappa shape index (κ3) is 5.36. The van der Waals surface area contributed by atoms with Crippen LogP contribution in [0.2, 0.25) is 5.02 Å². The van der Waals surface area contributed by atoms with Crippen LogP contribution in [-0.2, 0) is 16.6 Å². The Labute approximate surface area is 227 Å². The van der Waals surface area contributed by atoms with Gasteiger partial charge in [0.05, 0.1) is 36.1 Å². The van der Waals surface area contributed by atoms with Crippen molar-refractivity contribution in [3.8, 4) is 28.8 Å². The number of nitrogens with zero attached hydrogens (tertiary/aromatic N) is 3. The Balaban J connectivity index is 1.57. The van der Waals surface area contributed by atoms with Gasteiger partial charge in [-0.25, -0.2) is 13.1 Å². The molecule has 0 bridgehead atoms. The molecule has 5 rings (SSSR count). The van der Waals surface area contributed by atoms with E-state index in [9.17, 15) is 8.42 Å². The predicted octanol–water partition coefficient (Wildman–Crippen LogP) is 6.00. The van der Waals surface area contributed by atoms with Gasteiger partial charge < -0.3 is 14.2 Å². The van der Waals surface area contributed by atoms with Gasteiger partial charge in [-0.05, 0) is 86.5 Å². The average molecular weight is 554 g/mol. The van der Waals surface area contributed by atoms with Crippen LogP contribution < -0.4 is 14.2 Å². The molecular weight excluding hydrogens is 526 g/mol. The molecule has 38 heavy (non-hydrogen) atoms. The van der Waals surface area contributed by atoms with Crippen LogP contribution in [-0.4, -0.2) is 42.8 Å². The predicted molar refractivity (Wildman–Crippen MR) is 145 cm³/mol. The van der Waals surface area contributed by atoms with Crippen molar-refractivity contribution in [1.29, 1.82) is 0 Å². The number of rotatable bonds is 10. The van der Waals surface area contributed by atoms with Crippen molar-refractivity contribution in [3.63, 3.8) is 0 Å². The van der Waals surface area contributed by atoms with Gasteiger partial charge in [-0.15, -0.1) is 0 Å². The van der Waals surface area contributed by atoms with E-state index >= 15 is 0 Å². The molecule has 1 fully saturated rings. The summed E-state index contributed by atoms with van der Waals surface area (Å²) in [7, 11) is -0.646. The highest BCUT2D eigenvalue weighted by Crippen LogP contribution is 2.38. The van der Waals surface area contributed by atoms with Gasteiger partial charge in [0.25, 0.3) is 0 Å². The van der Waals surface area contributed by atoms with Crippen molar-refractivity contribution in [2.45, 2.75) is 37.2 Å². The highest BCUT2D eigenvalue weighted by Gasteiger charge is 2.39. The topological polar surface area (TPSA) is 82.9 Å². The van der Waals surface area contributed by atoms with E-state index in [1.165, 1.54) is 0 Å². The summed E-state index contributed by atoms with van der Waals surface area (Å²) in [5.74, 6) is 2.27. The summed E-state index contributed by atoms with van der Waals surface area (Å²) >= 11 is 6.28. The molecule has 0 atom stereocenters. The van der Waals surface area contributed by atoms with E-state index in [1.54, 1.807) is 83.9 Å². The van der Waals surface area contributed by atoms with Gasteiger partial charge in [-0.3, -0.25) is 0 Å². The Morgan fingerprint density at radius 3 is 2.13 bits per heavy atom. The molecule has 10 heteroatoms. The van der Waals surface area contributed by atoms with E-state index in [1.807, 2.05) is 19.1 Å². The van der Waals surface area contributed by atoms with E-state index in [2.05, 4.69) is 0 Å². The van der Waals surface area contributed by atoms with Gasteiger partial charge in [-0.2, -0.15) is 9.40 Å². The van der Waals surface area contributed by atoms with Gasteiger partial charge >= 0.3 is 0 Å². The lowest BCUT2D eigenvalue weighted by Gasteiger charge is -2.22. The first-order valence-corrected chi connectivity index (χ1v) is 13.9. The molecular formula is C28H28ClN3O5S. The molecule has 0 aliphatic heterocycles. The highest BCUT2D eigenvalue weighted by molar-refractivity contribution is 7.89. The van der Waals surface area contributed by atoms with Crippen molar-refractivity contribution in [2.24, 2.45) is 0 Å². The fourth-order valence-electron chi connectivity index (χ4n) is 4.18. The number of methoxy groups -OCH3 is 2. The fourth-order valence-corrected chi connectivity index (χ4v) is 6.01. The van der Waals surface area contributed by atoms with Gasteiger partial charge in [0.1, 0.15) is 17.2 Å². The maximum Gasteiger partial charge on any atom is 0.243 e. The molecule has 198 valence electrons. The Bertz CT molecular complexity index is 1530. The van der Waals surface area contributed by atoms with Gasteiger partial charge in [-0.1, -0.05) is 17.7 Å². The molecule has 1 aromatic heterocycles. The second-order valence-electron chi connectivity index (χ2n) is 9.00. The summed E-state index contributed by atoms with van der Waals surface area (Å²) in [6, 6.07) is 20.8. The summed E-state index contributed by atoms with van der Waals surface area (Å²) in [4.78, 5) is 0.211. The lowest BCUT2D eigenvalue weighted by atomic mass is 10.2. The largest absolute Gasteiger partial charge is 0.497 e. The molecule has 0 saturated heterocycles. The quantitative estimate of drug-likeness (QED) is 0.240. The summed E-state index contributed by atoms with van der Waals surface area (Å²) in [6.45, 7) is 1.96. The molecule has 1 aliphatic rings. The van der Waals surface area contributed by atoms with Crippen LogP contribution in [0.3, 0.4) is 0 Å². The van der Waals surface area contributed by atoms with E-state index in [0.717, 1.165) is 12.8 Å². The van der Waals surface area contributed by atoms with E-state index < -0.39 is 10.0 Å². The Morgan fingerprint density at radius 2 is 1.55 bits per heavy atom. The number of sulfonamides is 1. The summed E-state index contributed by atoms with van der Waals surface area (Å²) in [5, 5.41) is 5.28. The normalized spacial score (nSPS) is 13.5. The summed E-state index contributed by atoms with van der Waals surface area (Å²) in [5.41, 5.74) is 2.03. The molecule has 8 nitrogen and oxygen atoms in total. The van der Waals surface area contributed by atoms with E-state index in [4.69, 9.17) is 30.9 Å². The van der Waals surface area contributed by atoms with Crippen LogP contribution in [0.4, 0.5) is 0 Å². The first kappa shape index (κ1) is 26.1. The molecule has 1 aliphatic carbocycles. The van der Waals surface area contributed by atoms with Crippen molar-refractivity contribution >= 4 is 21.6 Å². The summed E-state index contributed by atoms with van der Waals surface area (Å²) < 4.78 is 47.6. The third-order valence-corrected chi connectivity index (χ3v) is 8.55. The minimum absolute atomic E-state index is 0.0927. The number of benzene rings is 3. The molecule has 1 saturated carbocycles. The van der Waals surface area contributed by atoms with Crippen LogP contribution in [0.5, 0.6) is 23.1 Å². The minimum atomic E-state index is -3.79. The van der Waals surface area contributed by atoms with Crippen LogP contribution in [0.1, 0.15) is 24.1 Å².